The minimum absolute atomic E-state index is 0.0658. The average molecular weight is 394 g/mol. The molecule has 146 valence electrons. The molecule has 0 spiro atoms. The lowest BCUT2D eigenvalue weighted by Crippen LogP contribution is -2.31. The second kappa shape index (κ2) is 8.05. The van der Waals surface area contributed by atoms with Gasteiger partial charge < -0.3 is 14.2 Å². The van der Waals surface area contributed by atoms with Crippen LogP contribution in [0.15, 0.2) is 28.8 Å². The second-order valence-corrected chi connectivity index (χ2v) is 8.20. The normalized spacial score (nSPS) is 17.3. The van der Waals surface area contributed by atoms with Crippen LogP contribution < -0.4 is 9.88 Å². The highest BCUT2D eigenvalue weighted by molar-refractivity contribution is 7.89. The zero-order valence-corrected chi connectivity index (χ0v) is 15.8. The van der Waals surface area contributed by atoms with Crippen molar-refractivity contribution in [3.05, 3.63) is 30.2 Å². The molecule has 27 heavy (non-hydrogen) atoms. The number of benzene rings is 1. The van der Waals surface area contributed by atoms with E-state index in [1.165, 1.54) is 0 Å². The number of hydrogen-bond donors (Lipinski definition) is 1. The van der Waals surface area contributed by atoms with Gasteiger partial charge in [0, 0.05) is 25.9 Å². The summed E-state index contributed by atoms with van der Waals surface area (Å²) in [4.78, 5) is 18.3. The predicted octanol–water partition coefficient (Wildman–Crippen LogP) is 0.815. The van der Waals surface area contributed by atoms with E-state index in [1.807, 2.05) is 18.2 Å². The molecule has 1 aliphatic rings. The number of amides is 1. The van der Waals surface area contributed by atoms with Crippen LogP contribution >= 0.6 is 0 Å². The fourth-order valence-corrected chi connectivity index (χ4v) is 4.12. The first-order valence-electron chi connectivity index (χ1n) is 8.60. The summed E-state index contributed by atoms with van der Waals surface area (Å²) in [6.45, 7) is 0.945. The van der Waals surface area contributed by atoms with Crippen LogP contribution in [0.5, 0.6) is 5.75 Å². The molecule has 2 aromatic rings. The van der Waals surface area contributed by atoms with Crippen molar-refractivity contribution >= 4 is 15.9 Å². The van der Waals surface area contributed by atoms with Crippen molar-refractivity contribution in [2.75, 3.05) is 26.0 Å². The van der Waals surface area contributed by atoms with Gasteiger partial charge in [-0.3, -0.25) is 4.79 Å². The number of methoxy groups -OCH3 is 1. The SMILES string of the molecule is COc1ccccc1-c1noc(CCC(=O)N2CC[C@H](CS(N)(=O)=O)C2)n1. The average Bonchev–Trinajstić information content (AvgIpc) is 3.27. The highest BCUT2D eigenvalue weighted by atomic mass is 32.2. The Balaban J connectivity index is 1.55. The molecule has 0 bridgehead atoms. The van der Waals surface area contributed by atoms with Crippen LogP contribution in [0.25, 0.3) is 11.4 Å². The third-order valence-electron chi connectivity index (χ3n) is 4.48. The molecule has 1 amide bonds. The fraction of sp³-hybridized carbons (Fsp3) is 0.471. The van der Waals surface area contributed by atoms with Gasteiger partial charge in [0.05, 0.1) is 18.4 Å². The van der Waals surface area contributed by atoms with E-state index in [1.54, 1.807) is 18.1 Å². The minimum Gasteiger partial charge on any atom is -0.496 e. The first-order valence-corrected chi connectivity index (χ1v) is 10.3. The summed E-state index contributed by atoms with van der Waals surface area (Å²) in [6, 6.07) is 7.33. The molecule has 1 saturated heterocycles. The summed E-state index contributed by atoms with van der Waals surface area (Å²) in [7, 11) is -1.96. The lowest BCUT2D eigenvalue weighted by atomic mass is 10.2. The first kappa shape index (κ1) is 19.3. The lowest BCUT2D eigenvalue weighted by molar-refractivity contribution is -0.130. The molecule has 1 fully saturated rings. The van der Waals surface area contributed by atoms with Crippen LogP contribution in [-0.2, 0) is 21.2 Å². The van der Waals surface area contributed by atoms with Gasteiger partial charge in [-0.1, -0.05) is 17.3 Å². The smallest absolute Gasteiger partial charge is 0.227 e. The van der Waals surface area contributed by atoms with Crippen LogP contribution in [0.4, 0.5) is 0 Å². The van der Waals surface area contributed by atoms with Crippen LogP contribution in [0.3, 0.4) is 0 Å². The number of rotatable bonds is 7. The van der Waals surface area contributed by atoms with Crippen LogP contribution in [-0.4, -0.2) is 55.3 Å². The zero-order valence-electron chi connectivity index (χ0n) is 15.0. The van der Waals surface area contributed by atoms with Gasteiger partial charge >= 0.3 is 0 Å². The van der Waals surface area contributed by atoms with Crippen molar-refractivity contribution in [2.45, 2.75) is 19.3 Å². The molecule has 10 heteroatoms. The quantitative estimate of drug-likeness (QED) is 0.736. The number of para-hydroxylation sites is 1. The summed E-state index contributed by atoms with van der Waals surface area (Å²) in [5.41, 5.74) is 0.715. The van der Waals surface area contributed by atoms with Gasteiger partial charge in [-0.2, -0.15) is 4.98 Å². The van der Waals surface area contributed by atoms with E-state index < -0.39 is 10.0 Å². The lowest BCUT2D eigenvalue weighted by Gasteiger charge is -2.15. The van der Waals surface area contributed by atoms with Gasteiger partial charge in [-0.25, -0.2) is 13.6 Å². The molecule has 1 atom stereocenters. The Kier molecular flexibility index (Phi) is 5.76. The molecule has 0 saturated carbocycles. The molecule has 0 unspecified atom stereocenters. The number of carbonyl (C=O) groups excluding carboxylic acids is 1. The van der Waals surface area contributed by atoms with Crippen molar-refractivity contribution in [1.82, 2.24) is 15.0 Å². The Bertz CT molecular complexity index is 912. The molecular formula is C17H22N4O5S. The molecule has 2 heterocycles. The van der Waals surface area contributed by atoms with Crippen molar-refractivity contribution in [1.29, 1.82) is 0 Å². The summed E-state index contributed by atoms with van der Waals surface area (Å²) >= 11 is 0. The van der Waals surface area contributed by atoms with Crippen LogP contribution in [0.2, 0.25) is 0 Å². The highest BCUT2D eigenvalue weighted by Gasteiger charge is 2.28. The summed E-state index contributed by atoms with van der Waals surface area (Å²) in [6.07, 6.45) is 1.17. The standard InChI is InChI=1S/C17H22N4O5S/c1-25-14-5-3-2-4-13(14)17-19-15(26-20-17)6-7-16(22)21-9-8-12(10-21)11-27(18,23)24/h2-5,12H,6-11H2,1H3,(H2,18,23,24)/t12-/m0/s1. The molecule has 0 radical (unpaired) electrons. The molecule has 3 rings (SSSR count). The number of ether oxygens (including phenoxy) is 1. The van der Waals surface area contributed by atoms with E-state index in [4.69, 9.17) is 14.4 Å². The topological polar surface area (TPSA) is 129 Å². The maximum absolute atomic E-state index is 12.3. The van der Waals surface area contributed by atoms with Crippen molar-refractivity contribution in [2.24, 2.45) is 11.1 Å². The number of aromatic nitrogens is 2. The van der Waals surface area contributed by atoms with E-state index in [2.05, 4.69) is 10.1 Å². The summed E-state index contributed by atoms with van der Waals surface area (Å²) < 4.78 is 32.9. The summed E-state index contributed by atoms with van der Waals surface area (Å²) in [5.74, 6) is 1.14. The van der Waals surface area contributed by atoms with E-state index in [0.717, 1.165) is 0 Å². The third kappa shape index (κ3) is 5.04. The van der Waals surface area contributed by atoms with Crippen molar-refractivity contribution in [3.63, 3.8) is 0 Å². The van der Waals surface area contributed by atoms with E-state index in [9.17, 15) is 13.2 Å². The number of sulfonamides is 1. The molecule has 9 nitrogen and oxygen atoms in total. The van der Waals surface area contributed by atoms with Gasteiger partial charge in [-0.15, -0.1) is 0 Å². The third-order valence-corrected chi connectivity index (χ3v) is 5.41. The zero-order chi connectivity index (χ0) is 19.4. The molecule has 1 aromatic carbocycles. The molecule has 2 N–H and O–H groups in total. The first-order chi connectivity index (χ1) is 12.9. The second-order valence-electron chi connectivity index (χ2n) is 6.54. The van der Waals surface area contributed by atoms with Crippen molar-refractivity contribution in [3.8, 4) is 17.1 Å². The minimum atomic E-state index is -3.52. The largest absolute Gasteiger partial charge is 0.496 e. The Morgan fingerprint density at radius 1 is 1.41 bits per heavy atom. The maximum Gasteiger partial charge on any atom is 0.227 e. The number of carbonyl (C=O) groups is 1. The van der Waals surface area contributed by atoms with E-state index in [-0.39, 0.29) is 24.0 Å². The predicted molar refractivity (Wildman–Crippen MR) is 97.3 cm³/mol. The number of likely N-dealkylation sites (tertiary alicyclic amines) is 1. The number of aryl methyl sites for hydroxylation is 1. The van der Waals surface area contributed by atoms with Gasteiger partial charge in [0.1, 0.15) is 5.75 Å². The molecule has 1 aromatic heterocycles. The molecular weight excluding hydrogens is 372 g/mol. The van der Waals surface area contributed by atoms with Gasteiger partial charge in [0.15, 0.2) is 0 Å². The number of nitrogens with zero attached hydrogens (tertiary/aromatic N) is 3. The van der Waals surface area contributed by atoms with Gasteiger partial charge in [0.25, 0.3) is 0 Å². The Hall–Kier alpha value is -2.46. The summed E-state index contributed by atoms with van der Waals surface area (Å²) in [5, 5.41) is 9.03. The number of primary sulfonamides is 1. The highest BCUT2D eigenvalue weighted by Crippen LogP contribution is 2.27. The van der Waals surface area contributed by atoms with E-state index in [0.29, 0.717) is 49.0 Å². The monoisotopic (exact) mass is 394 g/mol. The van der Waals surface area contributed by atoms with Crippen LogP contribution in [0, 0.1) is 5.92 Å². The van der Waals surface area contributed by atoms with Gasteiger partial charge in [-0.05, 0) is 24.5 Å². The fourth-order valence-electron chi connectivity index (χ4n) is 3.19. The number of nitrogens with two attached hydrogens (primary N) is 1. The Labute approximate surface area is 157 Å². The Morgan fingerprint density at radius 3 is 2.93 bits per heavy atom. The van der Waals surface area contributed by atoms with Crippen molar-refractivity contribution < 1.29 is 22.5 Å². The Morgan fingerprint density at radius 2 is 2.19 bits per heavy atom. The van der Waals surface area contributed by atoms with Crippen LogP contribution in [0.1, 0.15) is 18.7 Å². The maximum atomic E-state index is 12.3. The number of hydrogen-bond acceptors (Lipinski definition) is 7. The van der Waals surface area contributed by atoms with Gasteiger partial charge in [0.2, 0.25) is 27.6 Å². The molecule has 0 aliphatic carbocycles. The molecule has 1 aliphatic heterocycles. The van der Waals surface area contributed by atoms with E-state index >= 15 is 0 Å².